The van der Waals surface area contributed by atoms with E-state index < -0.39 is 24.0 Å². The van der Waals surface area contributed by atoms with Crippen LogP contribution in [-0.4, -0.2) is 37.2 Å². The highest BCUT2D eigenvalue weighted by atomic mass is 16.6. The molecule has 43 heavy (non-hydrogen) atoms. The number of carbonyl (C=O) groups is 3. The number of unbranched alkanes of at least 4 members (excludes halogenated alkanes) is 4. The molecular formula is C37H46O6. The summed E-state index contributed by atoms with van der Waals surface area (Å²) in [6.45, 7) is 1.78. The molecule has 0 bridgehead atoms. The molecule has 0 aromatic heterocycles. The molecule has 2 rings (SSSR count). The number of carbonyl (C=O) groups excluding carboxylic acids is 3. The van der Waals surface area contributed by atoms with Gasteiger partial charge in [-0.3, -0.25) is 4.79 Å². The molecule has 0 spiro atoms. The van der Waals surface area contributed by atoms with E-state index in [1.54, 1.807) is 60.7 Å². The molecular weight excluding hydrogens is 540 g/mol. The third kappa shape index (κ3) is 17.4. The second kappa shape index (κ2) is 23.4. The van der Waals surface area contributed by atoms with Crippen LogP contribution in [0.5, 0.6) is 0 Å². The number of hydrogen-bond donors (Lipinski definition) is 0. The van der Waals surface area contributed by atoms with Gasteiger partial charge < -0.3 is 14.2 Å². The second-order valence-corrected chi connectivity index (χ2v) is 10.0. The van der Waals surface area contributed by atoms with Gasteiger partial charge in [0.05, 0.1) is 11.1 Å². The van der Waals surface area contributed by atoms with E-state index in [9.17, 15) is 14.4 Å². The van der Waals surface area contributed by atoms with Gasteiger partial charge in [-0.25, -0.2) is 9.59 Å². The van der Waals surface area contributed by atoms with Crippen molar-refractivity contribution in [3.05, 3.63) is 120 Å². The van der Waals surface area contributed by atoms with Crippen molar-refractivity contribution in [2.45, 2.75) is 77.2 Å². The number of rotatable bonds is 21. The van der Waals surface area contributed by atoms with Crippen LogP contribution in [0, 0.1) is 0 Å². The Labute approximate surface area is 257 Å². The van der Waals surface area contributed by atoms with Gasteiger partial charge in [-0.15, -0.1) is 0 Å². The standard InChI is InChI=1S/C37H46O6/c1-2-3-4-5-6-7-8-9-10-11-12-13-14-15-16-17-24-29-35(38)43-34(30-41-36(39)32-25-20-18-21-26-32)31-42-37(40)33-27-22-19-23-28-33/h6-7,9-10,12-13,15-16,18-23,25-28,34H,2-5,8,11,14,17,24,29-31H2,1H3/b7-6-,10-9-,13-12-,16-15-. The predicted octanol–water partition coefficient (Wildman–Crippen LogP) is 8.76. The van der Waals surface area contributed by atoms with E-state index in [0.717, 1.165) is 25.7 Å². The number of hydrogen-bond acceptors (Lipinski definition) is 6. The van der Waals surface area contributed by atoms with Crippen molar-refractivity contribution in [3.63, 3.8) is 0 Å². The van der Waals surface area contributed by atoms with Gasteiger partial charge in [-0.05, 0) is 69.2 Å². The van der Waals surface area contributed by atoms with Crippen LogP contribution in [0.4, 0.5) is 0 Å². The zero-order valence-corrected chi connectivity index (χ0v) is 25.4. The first kappa shape index (κ1) is 35.0. The number of allylic oxidation sites excluding steroid dienone is 8. The molecule has 0 N–H and O–H groups in total. The van der Waals surface area contributed by atoms with Crippen LogP contribution in [0.1, 0.15) is 91.8 Å². The Bertz CT molecular complexity index is 1110. The van der Waals surface area contributed by atoms with Crippen molar-refractivity contribution < 1.29 is 28.6 Å². The van der Waals surface area contributed by atoms with Crippen molar-refractivity contribution in [2.75, 3.05) is 13.2 Å². The van der Waals surface area contributed by atoms with Crippen LogP contribution in [0.15, 0.2) is 109 Å². The minimum Gasteiger partial charge on any atom is -0.458 e. The Morgan fingerprint density at radius 3 is 1.51 bits per heavy atom. The summed E-state index contributed by atoms with van der Waals surface area (Å²) in [7, 11) is 0. The Balaban J connectivity index is 1.67. The fourth-order valence-corrected chi connectivity index (χ4v) is 3.94. The van der Waals surface area contributed by atoms with Gasteiger partial charge in [0.25, 0.3) is 0 Å². The van der Waals surface area contributed by atoms with E-state index in [2.05, 4.69) is 55.5 Å². The van der Waals surface area contributed by atoms with Gasteiger partial charge in [0.2, 0.25) is 0 Å². The number of benzene rings is 2. The summed E-state index contributed by atoms with van der Waals surface area (Å²) in [5.74, 6) is -1.53. The van der Waals surface area contributed by atoms with E-state index in [-0.39, 0.29) is 19.6 Å². The van der Waals surface area contributed by atoms with Crippen LogP contribution in [0.25, 0.3) is 0 Å². The van der Waals surface area contributed by atoms with Crippen molar-refractivity contribution in [3.8, 4) is 0 Å². The normalized spacial score (nSPS) is 11.7. The lowest BCUT2D eigenvalue weighted by Gasteiger charge is -2.18. The smallest absolute Gasteiger partial charge is 0.338 e. The van der Waals surface area contributed by atoms with Gasteiger partial charge in [0.15, 0.2) is 6.10 Å². The van der Waals surface area contributed by atoms with Gasteiger partial charge in [-0.1, -0.05) is 105 Å². The maximum absolute atomic E-state index is 12.5. The highest BCUT2D eigenvalue weighted by Gasteiger charge is 2.20. The molecule has 230 valence electrons. The molecule has 0 radical (unpaired) electrons. The van der Waals surface area contributed by atoms with Gasteiger partial charge in [0.1, 0.15) is 13.2 Å². The minimum absolute atomic E-state index is 0.202. The zero-order valence-electron chi connectivity index (χ0n) is 25.4. The summed E-state index contributed by atoms with van der Waals surface area (Å²) in [5, 5.41) is 0. The lowest BCUT2D eigenvalue weighted by atomic mass is 10.2. The third-order valence-electron chi connectivity index (χ3n) is 6.33. The molecule has 6 heteroatoms. The van der Waals surface area contributed by atoms with Gasteiger partial charge in [-0.2, -0.15) is 0 Å². The summed E-state index contributed by atoms with van der Waals surface area (Å²) in [6.07, 6.45) is 25.7. The Morgan fingerprint density at radius 2 is 1.05 bits per heavy atom. The molecule has 0 unspecified atom stereocenters. The largest absolute Gasteiger partial charge is 0.458 e. The fraction of sp³-hybridized carbons (Fsp3) is 0.378. The van der Waals surface area contributed by atoms with Crippen molar-refractivity contribution >= 4 is 17.9 Å². The van der Waals surface area contributed by atoms with Crippen LogP contribution in [0.3, 0.4) is 0 Å². The van der Waals surface area contributed by atoms with E-state index in [0.29, 0.717) is 17.5 Å². The molecule has 0 aliphatic rings. The number of ether oxygens (including phenoxy) is 3. The highest BCUT2D eigenvalue weighted by molar-refractivity contribution is 5.89. The Kier molecular flexibility index (Phi) is 19.0. The minimum atomic E-state index is -0.913. The second-order valence-electron chi connectivity index (χ2n) is 10.0. The Morgan fingerprint density at radius 1 is 0.605 bits per heavy atom. The van der Waals surface area contributed by atoms with Crippen LogP contribution in [0.2, 0.25) is 0 Å². The van der Waals surface area contributed by atoms with E-state index in [1.165, 1.54) is 25.7 Å². The monoisotopic (exact) mass is 586 g/mol. The third-order valence-corrected chi connectivity index (χ3v) is 6.33. The lowest BCUT2D eigenvalue weighted by molar-refractivity contribution is -0.153. The van der Waals surface area contributed by atoms with Gasteiger partial charge in [0, 0.05) is 6.42 Å². The SMILES string of the molecule is CCCCC/C=C\C/C=C\C/C=C\C/C=C\CCCC(=O)OC(COC(=O)c1ccccc1)COC(=O)c1ccccc1. The number of esters is 3. The zero-order chi connectivity index (χ0) is 30.8. The summed E-state index contributed by atoms with van der Waals surface area (Å²) in [5.41, 5.74) is 0.765. The van der Waals surface area contributed by atoms with E-state index in [4.69, 9.17) is 14.2 Å². The molecule has 6 nitrogen and oxygen atoms in total. The van der Waals surface area contributed by atoms with E-state index >= 15 is 0 Å². The molecule has 0 aliphatic carbocycles. The maximum Gasteiger partial charge on any atom is 0.338 e. The molecule has 0 atom stereocenters. The first-order valence-corrected chi connectivity index (χ1v) is 15.3. The first-order valence-electron chi connectivity index (χ1n) is 15.3. The topological polar surface area (TPSA) is 78.9 Å². The molecule has 0 fully saturated rings. The first-order chi connectivity index (χ1) is 21.1. The van der Waals surface area contributed by atoms with E-state index in [1.807, 2.05) is 0 Å². The fourth-order valence-electron chi connectivity index (χ4n) is 3.94. The van der Waals surface area contributed by atoms with Crippen molar-refractivity contribution in [1.82, 2.24) is 0 Å². The molecule has 0 aliphatic heterocycles. The average Bonchev–Trinajstić information content (AvgIpc) is 3.04. The predicted molar refractivity (Wildman–Crippen MR) is 172 cm³/mol. The highest BCUT2D eigenvalue weighted by Crippen LogP contribution is 2.09. The molecule has 0 heterocycles. The lowest BCUT2D eigenvalue weighted by Crippen LogP contribution is -2.31. The quantitative estimate of drug-likeness (QED) is 0.0630. The molecule has 0 amide bonds. The molecule has 0 saturated carbocycles. The van der Waals surface area contributed by atoms with Crippen LogP contribution >= 0.6 is 0 Å². The maximum atomic E-state index is 12.5. The summed E-state index contributed by atoms with van der Waals surface area (Å²) in [4.78, 5) is 37.2. The van der Waals surface area contributed by atoms with Gasteiger partial charge >= 0.3 is 17.9 Å². The summed E-state index contributed by atoms with van der Waals surface area (Å²) in [6, 6.07) is 17.1. The summed E-state index contributed by atoms with van der Waals surface area (Å²) < 4.78 is 16.2. The van der Waals surface area contributed by atoms with Crippen molar-refractivity contribution in [1.29, 1.82) is 0 Å². The molecule has 0 saturated heterocycles. The van der Waals surface area contributed by atoms with Crippen LogP contribution in [-0.2, 0) is 19.0 Å². The average molecular weight is 587 g/mol. The Hall–Kier alpha value is -4.19. The molecule has 2 aromatic carbocycles. The van der Waals surface area contributed by atoms with Crippen LogP contribution < -0.4 is 0 Å². The summed E-state index contributed by atoms with van der Waals surface area (Å²) >= 11 is 0. The van der Waals surface area contributed by atoms with Crippen molar-refractivity contribution in [2.24, 2.45) is 0 Å². The molecule has 2 aromatic rings.